The van der Waals surface area contributed by atoms with Crippen LogP contribution in [0.3, 0.4) is 0 Å². The zero-order valence-electron chi connectivity index (χ0n) is 14.0. The highest BCUT2D eigenvalue weighted by atomic mass is 32.1. The molecule has 0 saturated heterocycles. The topological polar surface area (TPSA) is 51.2 Å². The first-order chi connectivity index (χ1) is 11.5. The molecule has 1 heterocycles. The fourth-order valence-corrected chi connectivity index (χ4v) is 3.18. The Labute approximate surface area is 145 Å². The van der Waals surface area contributed by atoms with E-state index in [0.717, 1.165) is 20.9 Å². The van der Waals surface area contributed by atoms with Gasteiger partial charge in [-0.15, -0.1) is 11.3 Å². The van der Waals surface area contributed by atoms with Crippen molar-refractivity contribution in [2.75, 3.05) is 11.9 Å². The first-order valence-corrected chi connectivity index (χ1v) is 8.74. The molecule has 5 heteroatoms. The zero-order chi connectivity index (χ0) is 17.1. The maximum Gasteiger partial charge on any atom is 0.255 e. The van der Waals surface area contributed by atoms with E-state index in [2.05, 4.69) is 24.1 Å². The van der Waals surface area contributed by atoms with Crippen molar-refractivity contribution >= 4 is 33.1 Å². The van der Waals surface area contributed by atoms with Gasteiger partial charge in [0.05, 0.1) is 21.8 Å². The SMILES string of the molecule is Cc1nc2ccc(NC(=O)c3cccc(OCC(C)C)c3)cc2s1. The van der Waals surface area contributed by atoms with Gasteiger partial charge in [-0.05, 0) is 49.2 Å². The maximum absolute atomic E-state index is 12.5. The third-order valence-corrected chi connectivity index (χ3v) is 4.37. The number of nitrogens with zero attached hydrogens (tertiary/aromatic N) is 1. The van der Waals surface area contributed by atoms with Gasteiger partial charge in [0.15, 0.2) is 0 Å². The van der Waals surface area contributed by atoms with Crippen LogP contribution >= 0.6 is 11.3 Å². The van der Waals surface area contributed by atoms with Crippen molar-refractivity contribution in [1.82, 2.24) is 4.98 Å². The van der Waals surface area contributed by atoms with Gasteiger partial charge in [0.2, 0.25) is 0 Å². The molecule has 124 valence electrons. The Bertz CT molecular complexity index is 871. The van der Waals surface area contributed by atoms with Crippen LogP contribution in [-0.4, -0.2) is 17.5 Å². The van der Waals surface area contributed by atoms with Gasteiger partial charge in [0, 0.05) is 11.3 Å². The lowest BCUT2D eigenvalue weighted by molar-refractivity contribution is 0.102. The van der Waals surface area contributed by atoms with Crippen LogP contribution in [0.15, 0.2) is 42.5 Å². The second kappa shape index (κ2) is 7.01. The number of aryl methyl sites for hydroxylation is 1. The molecule has 4 nitrogen and oxygen atoms in total. The van der Waals surface area contributed by atoms with Crippen LogP contribution < -0.4 is 10.1 Å². The number of hydrogen-bond donors (Lipinski definition) is 1. The molecule has 0 saturated carbocycles. The Morgan fingerprint density at radius 2 is 2.08 bits per heavy atom. The first-order valence-electron chi connectivity index (χ1n) is 7.92. The van der Waals surface area contributed by atoms with Crippen LogP contribution in [0.1, 0.15) is 29.2 Å². The summed E-state index contributed by atoms with van der Waals surface area (Å²) in [5.41, 5.74) is 2.31. The molecule has 0 fully saturated rings. The fourth-order valence-electron chi connectivity index (χ4n) is 2.31. The number of amides is 1. The minimum Gasteiger partial charge on any atom is -0.493 e. The molecule has 0 aliphatic carbocycles. The maximum atomic E-state index is 12.5. The number of fused-ring (bicyclic) bond motifs is 1. The van der Waals surface area contributed by atoms with Crippen LogP contribution in [0.2, 0.25) is 0 Å². The number of benzene rings is 2. The van der Waals surface area contributed by atoms with E-state index in [4.69, 9.17) is 4.74 Å². The van der Waals surface area contributed by atoms with E-state index in [1.807, 2.05) is 37.3 Å². The molecule has 0 spiro atoms. The summed E-state index contributed by atoms with van der Waals surface area (Å²) in [6, 6.07) is 13.0. The number of ether oxygens (including phenoxy) is 1. The van der Waals surface area contributed by atoms with Gasteiger partial charge in [-0.1, -0.05) is 19.9 Å². The van der Waals surface area contributed by atoms with Crippen molar-refractivity contribution in [3.63, 3.8) is 0 Å². The highest BCUT2D eigenvalue weighted by Gasteiger charge is 2.09. The summed E-state index contributed by atoms with van der Waals surface area (Å²) in [7, 11) is 0. The lowest BCUT2D eigenvalue weighted by Gasteiger charge is -2.10. The normalized spacial score (nSPS) is 11.0. The van der Waals surface area contributed by atoms with Gasteiger partial charge in [0.25, 0.3) is 5.91 Å². The molecule has 0 unspecified atom stereocenters. The predicted octanol–water partition coefficient (Wildman–Crippen LogP) is 4.89. The van der Waals surface area contributed by atoms with Crippen LogP contribution in [0.25, 0.3) is 10.2 Å². The van der Waals surface area contributed by atoms with Crippen LogP contribution in [0.5, 0.6) is 5.75 Å². The summed E-state index contributed by atoms with van der Waals surface area (Å²) in [6.45, 7) is 6.79. The predicted molar refractivity (Wildman–Crippen MR) is 99.1 cm³/mol. The molecule has 24 heavy (non-hydrogen) atoms. The van der Waals surface area contributed by atoms with Crippen molar-refractivity contribution in [3.8, 4) is 5.75 Å². The first kappa shape index (κ1) is 16.5. The molecule has 1 aromatic heterocycles. The summed E-state index contributed by atoms with van der Waals surface area (Å²) in [5, 5.41) is 3.95. The minimum atomic E-state index is -0.148. The van der Waals surface area contributed by atoms with Gasteiger partial charge >= 0.3 is 0 Å². The average molecular weight is 340 g/mol. The van der Waals surface area contributed by atoms with Crippen molar-refractivity contribution in [2.24, 2.45) is 5.92 Å². The van der Waals surface area contributed by atoms with E-state index in [0.29, 0.717) is 23.8 Å². The smallest absolute Gasteiger partial charge is 0.255 e. The Morgan fingerprint density at radius 1 is 1.25 bits per heavy atom. The highest BCUT2D eigenvalue weighted by Crippen LogP contribution is 2.25. The second-order valence-electron chi connectivity index (χ2n) is 6.10. The Hall–Kier alpha value is -2.40. The van der Waals surface area contributed by atoms with E-state index >= 15 is 0 Å². The molecular formula is C19H20N2O2S. The van der Waals surface area contributed by atoms with E-state index in [1.54, 1.807) is 23.5 Å². The van der Waals surface area contributed by atoms with Gasteiger partial charge in [-0.3, -0.25) is 4.79 Å². The molecule has 3 rings (SSSR count). The van der Waals surface area contributed by atoms with E-state index in [9.17, 15) is 4.79 Å². The summed E-state index contributed by atoms with van der Waals surface area (Å²) in [6.07, 6.45) is 0. The van der Waals surface area contributed by atoms with Crippen molar-refractivity contribution < 1.29 is 9.53 Å². The van der Waals surface area contributed by atoms with Crippen molar-refractivity contribution in [2.45, 2.75) is 20.8 Å². The molecule has 0 radical (unpaired) electrons. The lowest BCUT2D eigenvalue weighted by atomic mass is 10.2. The Balaban J connectivity index is 1.74. The zero-order valence-corrected chi connectivity index (χ0v) is 14.8. The molecule has 2 aromatic carbocycles. The Morgan fingerprint density at radius 3 is 2.88 bits per heavy atom. The number of carbonyl (C=O) groups is 1. The van der Waals surface area contributed by atoms with Crippen LogP contribution in [0, 0.1) is 12.8 Å². The number of hydrogen-bond acceptors (Lipinski definition) is 4. The highest BCUT2D eigenvalue weighted by molar-refractivity contribution is 7.18. The average Bonchev–Trinajstić information content (AvgIpc) is 2.92. The van der Waals surface area contributed by atoms with Crippen molar-refractivity contribution in [1.29, 1.82) is 0 Å². The summed E-state index contributed by atoms with van der Waals surface area (Å²) < 4.78 is 6.75. The van der Waals surface area contributed by atoms with Gasteiger partial charge < -0.3 is 10.1 Å². The molecule has 3 aromatic rings. The molecule has 0 aliphatic heterocycles. The Kier molecular flexibility index (Phi) is 4.81. The number of nitrogens with one attached hydrogen (secondary N) is 1. The quantitative estimate of drug-likeness (QED) is 0.719. The molecular weight excluding hydrogens is 320 g/mol. The third kappa shape index (κ3) is 3.92. The number of anilines is 1. The second-order valence-corrected chi connectivity index (χ2v) is 7.34. The molecule has 0 aliphatic rings. The molecule has 1 N–H and O–H groups in total. The number of thiazole rings is 1. The summed E-state index contributed by atoms with van der Waals surface area (Å²) in [4.78, 5) is 16.9. The van der Waals surface area contributed by atoms with Gasteiger partial charge in [0.1, 0.15) is 5.75 Å². The fraction of sp³-hybridized carbons (Fsp3) is 0.263. The number of carbonyl (C=O) groups excluding carboxylic acids is 1. The van der Waals surface area contributed by atoms with Gasteiger partial charge in [-0.2, -0.15) is 0 Å². The molecule has 0 bridgehead atoms. The molecule has 0 atom stereocenters. The number of rotatable bonds is 5. The standard InChI is InChI=1S/C19H20N2O2S/c1-12(2)11-23-16-6-4-5-14(9-16)19(22)21-15-7-8-17-18(10-15)24-13(3)20-17/h4-10,12H,11H2,1-3H3,(H,21,22). The van der Waals surface area contributed by atoms with Crippen LogP contribution in [-0.2, 0) is 0 Å². The minimum absolute atomic E-state index is 0.148. The van der Waals surface area contributed by atoms with E-state index < -0.39 is 0 Å². The molecule has 1 amide bonds. The van der Waals surface area contributed by atoms with Crippen LogP contribution in [0.4, 0.5) is 5.69 Å². The van der Waals surface area contributed by atoms with E-state index in [-0.39, 0.29) is 5.91 Å². The van der Waals surface area contributed by atoms with E-state index in [1.165, 1.54) is 0 Å². The lowest BCUT2D eigenvalue weighted by Crippen LogP contribution is -2.12. The third-order valence-electron chi connectivity index (χ3n) is 3.43. The van der Waals surface area contributed by atoms with Crippen molar-refractivity contribution in [3.05, 3.63) is 53.0 Å². The monoisotopic (exact) mass is 340 g/mol. The summed E-state index contributed by atoms with van der Waals surface area (Å²) in [5.74, 6) is 1.01. The van der Waals surface area contributed by atoms with Gasteiger partial charge in [-0.25, -0.2) is 4.98 Å². The largest absolute Gasteiger partial charge is 0.493 e. The summed E-state index contributed by atoms with van der Waals surface area (Å²) >= 11 is 1.62. The number of aromatic nitrogens is 1.